The molecule has 0 aliphatic rings. The van der Waals surface area contributed by atoms with Crippen LogP contribution in [0.15, 0.2) is 71.1 Å². The van der Waals surface area contributed by atoms with Crippen LogP contribution in [0.5, 0.6) is 5.75 Å². The van der Waals surface area contributed by atoms with E-state index >= 15 is 0 Å². The Bertz CT molecular complexity index is 1150. The Morgan fingerprint density at radius 2 is 1.90 bits per heavy atom. The summed E-state index contributed by atoms with van der Waals surface area (Å²) in [6.07, 6.45) is 0.722. The first-order valence-electron chi connectivity index (χ1n) is 9.56. The number of hydrogen-bond donors (Lipinski definition) is 1. The van der Waals surface area contributed by atoms with Crippen LogP contribution in [0, 0.1) is 0 Å². The van der Waals surface area contributed by atoms with Crippen molar-refractivity contribution in [2.24, 2.45) is 0 Å². The van der Waals surface area contributed by atoms with E-state index in [-0.39, 0.29) is 5.91 Å². The van der Waals surface area contributed by atoms with Gasteiger partial charge in [0.1, 0.15) is 10.8 Å². The molecule has 0 saturated carbocycles. The van der Waals surface area contributed by atoms with Crippen molar-refractivity contribution in [1.82, 2.24) is 15.3 Å². The van der Waals surface area contributed by atoms with E-state index in [1.165, 1.54) is 11.8 Å². The van der Waals surface area contributed by atoms with Crippen molar-refractivity contribution in [3.63, 3.8) is 0 Å². The molecule has 152 valence electrons. The van der Waals surface area contributed by atoms with Gasteiger partial charge in [0.05, 0.1) is 23.3 Å². The number of nitrogens with zero attached hydrogens (tertiary/aromatic N) is 2. The van der Waals surface area contributed by atoms with Gasteiger partial charge in [0, 0.05) is 11.9 Å². The average Bonchev–Trinajstić information content (AvgIpc) is 3.32. The van der Waals surface area contributed by atoms with Crippen LogP contribution in [0.25, 0.3) is 21.6 Å². The summed E-state index contributed by atoms with van der Waals surface area (Å²) in [6, 6.07) is 19.8. The summed E-state index contributed by atoms with van der Waals surface area (Å²) in [6.45, 7) is 0.560. The number of rotatable bonds is 8. The van der Waals surface area contributed by atoms with Crippen LogP contribution in [0.3, 0.4) is 0 Å². The van der Waals surface area contributed by atoms with Gasteiger partial charge in [-0.3, -0.25) is 4.79 Å². The third-order valence-corrected chi connectivity index (χ3v) is 6.42. The smallest absolute Gasteiger partial charge is 0.230 e. The number of thiophene rings is 1. The molecule has 4 rings (SSSR count). The minimum atomic E-state index is -0.0183. The minimum absolute atomic E-state index is 0.0183. The first kappa shape index (κ1) is 20.4. The van der Waals surface area contributed by atoms with Crippen LogP contribution in [0.2, 0.25) is 0 Å². The van der Waals surface area contributed by atoms with Gasteiger partial charge in [0.15, 0.2) is 5.82 Å². The number of ether oxygens (including phenoxy) is 1. The zero-order valence-electron chi connectivity index (χ0n) is 16.5. The predicted octanol–water partition coefficient (Wildman–Crippen LogP) is 4.82. The lowest BCUT2D eigenvalue weighted by Gasteiger charge is -2.10. The fourth-order valence-corrected chi connectivity index (χ4v) is 4.61. The predicted molar refractivity (Wildman–Crippen MR) is 123 cm³/mol. The number of carbonyl (C=O) groups is 1. The van der Waals surface area contributed by atoms with E-state index in [1.807, 2.05) is 66.0 Å². The highest BCUT2D eigenvalue weighted by Gasteiger charge is 2.12. The van der Waals surface area contributed by atoms with Crippen LogP contribution < -0.4 is 10.1 Å². The zero-order valence-corrected chi connectivity index (χ0v) is 18.1. The molecule has 2 aromatic carbocycles. The summed E-state index contributed by atoms with van der Waals surface area (Å²) in [5.74, 6) is 1.82. The number of thioether (sulfide) groups is 1. The summed E-state index contributed by atoms with van der Waals surface area (Å²) in [7, 11) is 1.66. The number of para-hydroxylation sites is 2. The van der Waals surface area contributed by atoms with Gasteiger partial charge in [-0.25, -0.2) is 9.97 Å². The maximum atomic E-state index is 12.4. The van der Waals surface area contributed by atoms with E-state index in [1.54, 1.807) is 18.4 Å². The van der Waals surface area contributed by atoms with Crippen molar-refractivity contribution in [3.05, 3.63) is 71.6 Å². The molecular weight excluding hydrogens is 414 g/mol. The molecular formula is C23H21N3O2S2. The van der Waals surface area contributed by atoms with Gasteiger partial charge >= 0.3 is 0 Å². The average molecular weight is 436 g/mol. The second kappa shape index (κ2) is 9.73. The van der Waals surface area contributed by atoms with Gasteiger partial charge in [-0.1, -0.05) is 54.2 Å². The van der Waals surface area contributed by atoms with Crippen LogP contribution in [-0.4, -0.2) is 35.3 Å². The van der Waals surface area contributed by atoms with Gasteiger partial charge in [0.2, 0.25) is 5.91 Å². The molecule has 0 aliphatic heterocycles. The molecule has 1 N–H and O–H groups in total. The van der Waals surface area contributed by atoms with Crippen LogP contribution in [0.4, 0.5) is 0 Å². The molecule has 0 bridgehead atoms. The number of methoxy groups -OCH3 is 1. The third kappa shape index (κ3) is 4.80. The topological polar surface area (TPSA) is 64.1 Å². The number of amides is 1. The quantitative estimate of drug-likeness (QED) is 0.318. The second-order valence-electron chi connectivity index (χ2n) is 6.55. The maximum Gasteiger partial charge on any atom is 0.230 e. The number of benzene rings is 2. The molecule has 2 aromatic heterocycles. The Kier molecular flexibility index (Phi) is 6.61. The standard InChI is InChI=1S/C23H21N3O2S2/c1-28-19-10-5-2-7-16(19)12-13-24-21(27)15-30-23-17-8-3-4-9-18(17)25-22(26-23)20-11-6-14-29-20/h2-11,14H,12-13,15H2,1H3,(H,24,27). The summed E-state index contributed by atoms with van der Waals surface area (Å²) in [4.78, 5) is 22.8. The Morgan fingerprint density at radius 3 is 2.73 bits per heavy atom. The van der Waals surface area contributed by atoms with Gasteiger partial charge in [-0.2, -0.15) is 0 Å². The molecule has 0 fully saturated rings. The van der Waals surface area contributed by atoms with Crippen molar-refractivity contribution in [2.75, 3.05) is 19.4 Å². The van der Waals surface area contributed by atoms with E-state index in [2.05, 4.69) is 10.3 Å². The van der Waals surface area contributed by atoms with Crippen molar-refractivity contribution in [3.8, 4) is 16.5 Å². The summed E-state index contributed by atoms with van der Waals surface area (Å²) >= 11 is 3.05. The number of carbonyl (C=O) groups excluding carboxylic acids is 1. The molecule has 4 aromatic rings. The molecule has 0 spiro atoms. The highest BCUT2D eigenvalue weighted by atomic mass is 32.2. The molecule has 30 heavy (non-hydrogen) atoms. The van der Waals surface area contributed by atoms with Gasteiger partial charge in [0.25, 0.3) is 0 Å². The van der Waals surface area contributed by atoms with Crippen molar-refractivity contribution in [2.45, 2.75) is 11.4 Å². The van der Waals surface area contributed by atoms with Crippen molar-refractivity contribution < 1.29 is 9.53 Å². The number of nitrogens with one attached hydrogen (secondary N) is 1. The van der Waals surface area contributed by atoms with Crippen LogP contribution in [-0.2, 0) is 11.2 Å². The Morgan fingerprint density at radius 1 is 1.07 bits per heavy atom. The SMILES string of the molecule is COc1ccccc1CCNC(=O)CSc1nc(-c2cccs2)nc2ccccc12. The maximum absolute atomic E-state index is 12.4. The molecule has 0 atom stereocenters. The lowest BCUT2D eigenvalue weighted by atomic mass is 10.1. The molecule has 0 radical (unpaired) electrons. The lowest BCUT2D eigenvalue weighted by Crippen LogP contribution is -2.27. The van der Waals surface area contributed by atoms with Gasteiger partial charge < -0.3 is 10.1 Å². The van der Waals surface area contributed by atoms with Crippen molar-refractivity contribution >= 4 is 39.9 Å². The van der Waals surface area contributed by atoms with E-state index in [9.17, 15) is 4.79 Å². The number of fused-ring (bicyclic) bond motifs is 1. The summed E-state index contributed by atoms with van der Waals surface area (Å²) < 4.78 is 5.36. The fraction of sp³-hybridized carbons (Fsp3) is 0.174. The molecule has 7 heteroatoms. The molecule has 0 saturated heterocycles. The third-order valence-electron chi connectivity index (χ3n) is 4.56. The second-order valence-corrected chi connectivity index (χ2v) is 8.46. The van der Waals surface area contributed by atoms with Crippen molar-refractivity contribution in [1.29, 1.82) is 0 Å². The number of hydrogen-bond acceptors (Lipinski definition) is 6. The fourth-order valence-electron chi connectivity index (χ4n) is 3.10. The highest BCUT2D eigenvalue weighted by Crippen LogP contribution is 2.29. The van der Waals surface area contributed by atoms with Crippen LogP contribution in [0.1, 0.15) is 5.56 Å². The minimum Gasteiger partial charge on any atom is -0.496 e. The zero-order chi connectivity index (χ0) is 20.8. The molecule has 5 nitrogen and oxygen atoms in total. The Labute approximate surface area is 183 Å². The largest absolute Gasteiger partial charge is 0.496 e. The Hall–Kier alpha value is -2.90. The molecule has 0 aliphatic carbocycles. The molecule has 2 heterocycles. The Balaban J connectivity index is 1.41. The van der Waals surface area contributed by atoms with E-state index in [0.29, 0.717) is 18.1 Å². The van der Waals surface area contributed by atoms with E-state index in [4.69, 9.17) is 9.72 Å². The normalized spacial score (nSPS) is 10.8. The molecule has 1 amide bonds. The first-order valence-corrected chi connectivity index (χ1v) is 11.4. The summed E-state index contributed by atoms with van der Waals surface area (Å²) in [5, 5.41) is 6.78. The number of aromatic nitrogens is 2. The van der Waals surface area contributed by atoms with Gasteiger partial charge in [-0.15, -0.1) is 11.3 Å². The highest BCUT2D eigenvalue weighted by molar-refractivity contribution is 8.00. The van der Waals surface area contributed by atoms with Gasteiger partial charge in [-0.05, 0) is 35.6 Å². The van der Waals surface area contributed by atoms with E-state index in [0.717, 1.165) is 38.5 Å². The molecule has 0 unspecified atom stereocenters. The monoisotopic (exact) mass is 435 g/mol. The lowest BCUT2D eigenvalue weighted by molar-refractivity contribution is -0.118. The summed E-state index contributed by atoms with van der Waals surface area (Å²) in [5.41, 5.74) is 1.96. The van der Waals surface area contributed by atoms with Crippen LogP contribution >= 0.6 is 23.1 Å². The van der Waals surface area contributed by atoms with E-state index < -0.39 is 0 Å². The first-order chi connectivity index (χ1) is 14.7.